The average molecular weight is 316 g/mol. The van der Waals surface area contributed by atoms with Gasteiger partial charge in [-0.1, -0.05) is 11.6 Å². The largest absolute Gasteiger partial charge is 0.289 e. The fourth-order valence-corrected chi connectivity index (χ4v) is 3.48. The molecule has 6 heteroatoms. The van der Waals surface area contributed by atoms with E-state index in [9.17, 15) is 4.79 Å². The maximum atomic E-state index is 12.7. The Morgan fingerprint density at radius 1 is 1.24 bits per heavy atom. The molecule has 0 bridgehead atoms. The van der Waals surface area contributed by atoms with Crippen molar-refractivity contribution < 1.29 is 0 Å². The molecule has 0 atom stereocenters. The quantitative estimate of drug-likeness (QED) is 0.579. The van der Waals surface area contributed by atoms with Crippen LogP contribution in [-0.4, -0.2) is 14.8 Å². The third kappa shape index (κ3) is 1.81. The smallest absolute Gasteiger partial charge is 0.281 e. The molecule has 104 valence electrons. The van der Waals surface area contributed by atoms with Crippen LogP contribution in [0.1, 0.15) is 5.69 Å². The molecule has 0 fully saturated rings. The lowest BCUT2D eigenvalue weighted by molar-refractivity contribution is 0.864. The van der Waals surface area contributed by atoms with Gasteiger partial charge in [0.15, 0.2) is 0 Å². The number of hydrogen-bond donors (Lipinski definition) is 1. The van der Waals surface area contributed by atoms with Crippen molar-refractivity contribution in [2.24, 2.45) is 0 Å². The highest BCUT2D eigenvalue weighted by atomic mass is 35.5. The van der Waals surface area contributed by atoms with E-state index in [1.54, 1.807) is 23.5 Å². The van der Waals surface area contributed by atoms with Crippen molar-refractivity contribution >= 4 is 44.1 Å². The Balaban J connectivity index is 2.12. The molecule has 0 radical (unpaired) electrons. The zero-order chi connectivity index (χ0) is 14.6. The number of aromatic amines is 1. The number of hydrogen-bond acceptors (Lipinski definition) is 3. The number of thiophene rings is 1. The molecule has 0 aliphatic rings. The van der Waals surface area contributed by atoms with E-state index in [4.69, 9.17) is 11.6 Å². The Morgan fingerprint density at radius 3 is 2.76 bits per heavy atom. The van der Waals surface area contributed by atoms with Gasteiger partial charge in [0.1, 0.15) is 0 Å². The number of aromatic nitrogens is 3. The van der Waals surface area contributed by atoms with E-state index in [2.05, 4.69) is 10.1 Å². The van der Waals surface area contributed by atoms with Gasteiger partial charge in [0.05, 0.1) is 32.5 Å². The summed E-state index contributed by atoms with van der Waals surface area (Å²) < 4.78 is 2.54. The highest BCUT2D eigenvalue weighted by Gasteiger charge is 2.15. The molecule has 0 saturated heterocycles. The van der Waals surface area contributed by atoms with Gasteiger partial charge in [-0.25, -0.2) is 4.68 Å². The van der Waals surface area contributed by atoms with Crippen LogP contribution in [0, 0.1) is 6.92 Å². The molecule has 4 rings (SSSR count). The van der Waals surface area contributed by atoms with Crippen molar-refractivity contribution in [1.29, 1.82) is 0 Å². The molecule has 1 aromatic carbocycles. The van der Waals surface area contributed by atoms with Gasteiger partial charge < -0.3 is 0 Å². The van der Waals surface area contributed by atoms with Crippen molar-refractivity contribution in [1.82, 2.24) is 14.8 Å². The van der Waals surface area contributed by atoms with E-state index in [0.717, 1.165) is 27.1 Å². The van der Waals surface area contributed by atoms with E-state index in [1.165, 1.54) is 4.68 Å². The number of nitrogens with zero attached hydrogens (tertiary/aromatic N) is 2. The first-order valence-electron chi connectivity index (χ1n) is 6.39. The number of H-pyrrole nitrogens is 1. The first-order valence-corrected chi connectivity index (χ1v) is 7.65. The van der Waals surface area contributed by atoms with Crippen molar-refractivity contribution in [2.45, 2.75) is 6.92 Å². The van der Waals surface area contributed by atoms with Crippen LogP contribution in [0.5, 0.6) is 0 Å². The third-order valence-electron chi connectivity index (χ3n) is 3.50. The molecule has 3 heterocycles. The van der Waals surface area contributed by atoms with E-state index < -0.39 is 0 Å². The second kappa shape index (κ2) is 4.44. The van der Waals surface area contributed by atoms with Gasteiger partial charge in [-0.3, -0.25) is 14.9 Å². The highest BCUT2D eigenvalue weighted by Crippen LogP contribution is 2.27. The number of benzene rings is 1. The lowest BCUT2D eigenvalue weighted by Gasteiger charge is -2.00. The van der Waals surface area contributed by atoms with Gasteiger partial charge in [0.2, 0.25) is 0 Å². The maximum absolute atomic E-state index is 12.7. The van der Waals surface area contributed by atoms with Crippen molar-refractivity contribution in [2.75, 3.05) is 0 Å². The number of rotatable bonds is 1. The van der Waals surface area contributed by atoms with Crippen LogP contribution in [0.25, 0.3) is 26.8 Å². The predicted octanol–water partition coefficient (Wildman–Crippen LogP) is 3.89. The number of aryl methyl sites for hydroxylation is 1. The van der Waals surface area contributed by atoms with Gasteiger partial charge in [-0.15, -0.1) is 11.3 Å². The van der Waals surface area contributed by atoms with Crippen LogP contribution in [-0.2, 0) is 0 Å². The van der Waals surface area contributed by atoms with Gasteiger partial charge in [-0.2, -0.15) is 0 Å². The topological polar surface area (TPSA) is 50.7 Å². The molecule has 21 heavy (non-hydrogen) atoms. The van der Waals surface area contributed by atoms with Crippen LogP contribution >= 0.6 is 22.9 Å². The number of pyridine rings is 1. The molecule has 4 nitrogen and oxygen atoms in total. The number of fused-ring (bicyclic) bond motifs is 3. The average Bonchev–Trinajstić information content (AvgIpc) is 3.05. The Hall–Kier alpha value is -2.11. The molecule has 0 saturated carbocycles. The standard InChI is InChI=1S/C15H10ClN3OS/c1-8-12-13(14-11(17-8)6-7-21-14)18-19(15(12)20)10-4-2-9(16)3-5-10/h2-7,18H,1H3. The lowest BCUT2D eigenvalue weighted by atomic mass is 10.2. The molecular formula is C15H10ClN3OS. The second-order valence-electron chi connectivity index (χ2n) is 4.81. The van der Waals surface area contributed by atoms with Crippen molar-refractivity contribution in [3.05, 3.63) is 56.8 Å². The molecule has 3 aromatic heterocycles. The summed E-state index contributed by atoms with van der Waals surface area (Å²) in [5.41, 5.74) is 3.16. The summed E-state index contributed by atoms with van der Waals surface area (Å²) in [6.45, 7) is 1.86. The maximum Gasteiger partial charge on any atom is 0.281 e. The summed E-state index contributed by atoms with van der Waals surface area (Å²) in [5, 5.41) is 6.46. The zero-order valence-electron chi connectivity index (χ0n) is 11.1. The predicted molar refractivity (Wildman–Crippen MR) is 86.8 cm³/mol. The minimum Gasteiger partial charge on any atom is -0.289 e. The van der Waals surface area contributed by atoms with Crippen LogP contribution in [0.2, 0.25) is 5.02 Å². The highest BCUT2D eigenvalue weighted by molar-refractivity contribution is 7.18. The van der Waals surface area contributed by atoms with Gasteiger partial charge in [0.25, 0.3) is 5.56 Å². The summed E-state index contributed by atoms with van der Waals surface area (Å²) in [6.07, 6.45) is 0. The molecule has 4 aromatic rings. The van der Waals surface area contributed by atoms with Gasteiger partial charge in [0, 0.05) is 5.02 Å². The fraction of sp³-hybridized carbons (Fsp3) is 0.0667. The Morgan fingerprint density at radius 2 is 2.00 bits per heavy atom. The molecule has 1 N–H and O–H groups in total. The SMILES string of the molecule is Cc1nc2ccsc2c2[nH]n(-c3ccc(Cl)cc3)c(=O)c12. The molecule has 0 unspecified atom stereocenters. The van der Waals surface area contributed by atoms with Gasteiger partial charge in [-0.05, 0) is 42.6 Å². The van der Waals surface area contributed by atoms with E-state index in [0.29, 0.717) is 10.4 Å². The molecular weight excluding hydrogens is 306 g/mol. The Labute approximate surface area is 128 Å². The number of halogens is 1. The van der Waals surface area contributed by atoms with E-state index in [1.807, 2.05) is 30.5 Å². The molecule has 0 aliphatic heterocycles. The normalized spacial score (nSPS) is 11.5. The third-order valence-corrected chi connectivity index (χ3v) is 4.67. The summed E-state index contributed by atoms with van der Waals surface area (Å²) >= 11 is 7.48. The Bertz CT molecular complexity index is 1030. The van der Waals surface area contributed by atoms with E-state index >= 15 is 0 Å². The summed E-state index contributed by atoms with van der Waals surface area (Å²) in [4.78, 5) is 17.2. The molecule has 0 amide bonds. The Kier molecular flexibility index (Phi) is 2.67. The first kappa shape index (κ1) is 12.6. The second-order valence-corrected chi connectivity index (χ2v) is 6.16. The van der Waals surface area contributed by atoms with Crippen LogP contribution in [0.3, 0.4) is 0 Å². The van der Waals surface area contributed by atoms with Crippen molar-refractivity contribution in [3.63, 3.8) is 0 Å². The lowest BCUT2D eigenvalue weighted by Crippen LogP contribution is -2.14. The summed E-state index contributed by atoms with van der Waals surface area (Å²) in [7, 11) is 0. The fourth-order valence-electron chi connectivity index (χ4n) is 2.52. The minimum absolute atomic E-state index is 0.0902. The van der Waals surface area contributed by atoms with Crippen molar-refractivity contribution in [3.8, 4) is 5.69 Å². The monoisotopic (exact) mass is 315 g/mol. The first-order chi connectivity index (χ1) is 10.1. The molecule has 0 spiro atoms. The number of nitrogens with one attached hydrogen (secondary N) is 1. The van der Waals surface area contributed by atoms with Crippen LogP contribution in [0.15, 0.2) is 40.5 Å². The molecule has 0 aliphatic carbocycles. The van der Waals surface area contributed by atoms with E-state index in [-0.39, 0.29) is 5.56 Å². The zero-order valence-corrected chi connectivity index (χ0v) is 12.6. The van der Waals surface area contributed by atoms with Gasteiger partial charge >= 0.3 is 0 Å². The van der Waals surface area contributed by atoms with Crippen LogP contribution in [0.4, 0.5) is 0 Å². The summed E-state index contributed by atoms with van der Waals surface area (Å²) in [6, 6.07) is 9.12. The van der Waals surface area contributed by atoms with Crippen LogP contribution < -0.4 is 5.56 Å². The summed E-state index contributed by atoms with van der Waals surface area (Å²) in [5.74, 6) is 0. The minimum atomic E-state index is -0.0902.